The lowest BCUT2D eigenvalue weighted by Crippen LogP contribution is -2.60. The van der Waals surface area contributed by atoms with E-state index in [-0.39, 0.29) is 61.7 Å². The van der Waals surface area contributed by atoms with Gasteiger partial charge in [0.25, 0.3) is 0 Å². The van der Waals surface area contributed by atoms with Crippen molar-refractivity contribution in [1.82, 2.24) is 25.3 Å². The molecule has 1 heterocycles. The summed E-state index contributed by atoms with van der Waals surface area (Å²) < 4.78 is 33.8. The topological polar surface area (TPSA) is 230 Å². The Morgan fingerprint density at radius 2 is 1.39 bits per heavy atom. The molecule has 19 nitrogen and oxygen atoms in total. The Hall–Kier alpha value is -3.79. The molecule has 0 spiro atoms. The van der Waals surface area contributed by atoms with Gasteiger partial charge in [0, 0.05) is 34.9 Å². The first-order valence-corrected chi connectivity index (χ1v) is 24.5. The van der Waals surface area contributed by atoms with Crippen molar-refractivity contribution in [3.05, 3.63) is 36.5 Å². The fraction of sp³-hybridized carbons (Fsp3) is 0.780. The summed E-state index contributed by atoms with van der Waals surface area (Å²) in [5.74, 6) is 1.80. The summed E-state index contributed by atoms with van der Waals surface area (Å²) in [4.78, 5) is 79.0. The number of aliphatic hydroxyl groups is 1. The van der Waals surface area contributed by atoms with Gasteiger partial charge in [-0.05, 0) is 50.0 Å². The zero-order valence-corrected chi connectivity index (χ0v) is 44.1. The summed E-state index contributed by atoms with van der Waals surface area (Å²) in [6, 6.07) is -3.40. The molecular formula is C50H90N6O13. The predicted molar refractivity (Wildman–Crippen MR) is 264 cm³/mol. The quantitative estimate of drug-likeness (QED) is 0.0402. The molecule has 1 saturated heterocycles. The maximum Gasteiger partial charge on any atom is 0.249 e. The van der Waals surface area contributed by atoms with Crippen LogP contribution in [0.15, 0.2) is 36.5 Å². The Labute approximate surface area is 413 Å². The predicted octanol–water partition coefficient (Wildman–Crippen LogP) is 3.04. The molecule has 1 aliphatic rings. The normalized spacial score (nSPS) is 18.3. The van der Waals surface area contributed by atoms with Crippen LogP contribution in [0, 0.1) is 23.7 Å². The van der Waals surface area contributed by atoms with Gasteiger partial charge in [-0.3, -0.25) is 24.0 Å². The van der Waals surface area contributed by atoms with E-state index in [1.165, 1.54) is 19.1 Å². The average molecular weight is 983 g/mol. The first-order valence-electron chi connectivity index (χ1n) is 24.5. The lowest BCUT2D eigenvalue weighted by Gasteiger charge is -2.41. The molecule has 1 rings (SSSR count). The molecule has 0 aromatic rings. The number of hydrogen-bond acceptors (Lipinski definition) is 14. The summed E-state index contributed by atoms with van der Waals surface area (Å²) in [6.07, 6.45) is 6.61. The largest absolute Gasteiger partial charge is 0.387 e. The third-order valence-corrected chi connectivity index (χ3v) is 12.8. The van der Waals surface area contributed by atoms with Gasteiger partial charge in [0.05, 0.1) is 102 Å². The standard InChI is InChI=1S/C50H90N6O13/c1-15-17-18-20-36(8)46(59)38(10)52-48(60)37(9)47(64-14)39-21-19-22-56(39)41(57)31-40(63-13)45(35(7)16-2)55(12)50(62)43(33(3)4)53-49(61)44(34(5)6)54(11)42(58)32-68-28-27-66-24-23-65-25-26-67-29-30-69-51/h15,17-18,20,33-35,37-40,43-47,59H,1,16,19,21-32,51H2,2-14H3,(H,52,60)(H,53,61)/b18-17-,36-20+/t35-,37+,38+,39-,40+,43-,44-,45-,46-,47+/m0/s1. The van der Waals surface area contributed by atoms with E-state index in [2.05, 4.69) is 22.1 Å². The van der Waals surface area contributed by atoms with Crippen molar-refractivity contribution < 1.29 is 62.3 Å². The molecule has 10 atom stereocenters. The molecule has 1 aliphatic heterocycles. The fourth-order valence-corrected chi connectivity index (χ4v) is 8.60. The molecule has 5 amide bonds. The maximum atomic E-state index is 14.6. The zero-order valence-electron chi connectivity index (χ0n) is 44.1. The van der Waals surface area contributed by atoms with Crippen LogP contribution in [0.1, 0.15) is 88.0 Å². The van der Waals surface area contributed by atoms with Gasteiger partial charge in [0.1, 0.15) is 18.7 Å². The third kappa shape index (κ3) is 21.2. The molecule has 0 aromatic carbocycles. The Kier molecular flexibility index (Phi) is 31.6. The summed E-state index contributed by atoms with van der Waals surface area (Å²) in [6.45, 7) is 23.1. The number of carbonyl (C=O) groups excluding carboxylic acids is 5. The van der Waals surface area contributed by atoms with Crippen molar-refractivity contribution in [2.24, 2.45) is 29.6 Å². The molecule has 398 valence electrons. The third-order valence-electron chi connectivity index (χ3n) is 12.8. The highest BCUT2D eigenvalue weighted by Gasteiger charge is 2.43. The first kappa shape index (κ1) is 63.2. The highest BCUT2D eigenvalue weighted by molar-refractivity contribution is 5.92. The number of methoxy groups -OCH3 is 2. The van der Waals surface area contributed by atoms with Crippen LogP contribution < -0.4 is 16.5 Å². The zero-order chi connectivity index (χ0) is 52.2. The Morgan fingerprint density at radius 3 is 1.90 bits per heavy atom. The minimum Gasteiger partial charge on any atom is -0.387 e. The van der Waals surface area contributed by atoms with E-state index in [4.69, 9.17) is 34.3 Å². The van der Waals surface area contributed by atoms with Crippen LogP contribution in [0.4, 0.5) is 0 Å². The van der Waals surface area contributed by atoms with Crippen molar-refractivity contribution in [2.75, 3.05) is 94.3 Å². The molecule has 1 fully saturated rings. The van der Waals surface area contributed by atoms with Gasteiger partial charge in [0.2, 0.25) is 29.5 Å². The summed E-state index contributed by atoms with van der Waals surface area (Å²) in [5, 5.41) is 16.8. The summed E-state index contributed by atoms with van der Waals surface area (Å²) >= 11 is 0. The average Bonchev–Trinajstić information content (AvgIpc) is 3.80. The lowest BCUT2D eigenvalue weighted by molar-refractivity contribution is -0.149. The number of nitrogens with zero attached hydrogens (tertiary/aromatic N) is 3. The van der Waals surface area contributed by atoms with Crippen LogP contribution in [-0.2, 0) is 57.2 Å². The smallest absolute Gasteiger partial charge is 0.249 e. The number of rotatable bonds is 36. The monoisotopic (exact) mass is 983 g/mol. The molecule has 0 aliphatic carbocycles. The van der Waals surface area contributed by atoms with Crippen molar-refractivity contribution in [1.29, 1.82) is 0 Å². The van der Waals surface area contributed by atoms with Crippen LogP contribution in [0.2, 0.25) is 0 Å². The molecule has 5 N–H and O–H groups in total. The van der Waals surface area contributed by atoms with E-state index in [1.54, 1.807) is 69.0 Å². The molecular weight excluding hydrogens is 893 g/mol. The van der Waals surface area contributed by atoms with Gasteiger partial charge < -0.3 is 63.7 Å². The van der Waals surface area contributed by atoms with Gasteiger partial charge in [-0.1, -0.05) is 85.8 Å². The van der Waals surface area contributed by atoms with E-state index in [0.29, 0.717) is 71.0 Å². The first-order chi connectivity index (χ1) is 32.7. The second kappa shape index (κ2) is 34.5. The van der Waals surface area contributed by atoms with Crippen molar-refractivity contribution in [3.8, 4) is 0 Å². The number of ether oxygens (including phenoxy) is 6. The van der Waals surface area contributed by atoms with Gasteiger partial charge in [0.15, 0.2) is 0 Å². The summed E-state index contributed by atoms with van der Waals surface area (Å²) in [5.41, 5.74) is 0.676. The number of likely N-dealkylation sites (N-methyl/N-ethyl adjacent to an activating group) is 2. The van der Waals surface area contributed by atoms with Crippen LogP contribution in [0.3, 0.4) is 0 Å². The van der Waals surface area contributed by atoms with Crippen molar-refractivity contribution >= 4 is 29.5 Å². The highest BCUT2D eigenvalue weighted by atomic mass is 16.6. The fourth-order valence-electron chi connectivity index (χ4n) is 8.60. The maximum absolute atomic E-state index is 14.6. The summed E-state index contributed by atoms with van der Waals surface area (Å²) in [7, 11) is 6.27. The molecule has 0 bridgehead atoms. The highest BCUT2D eigenvalue weighted by Crippen LogP contribution is 2.30. The Balaban J connectivity index is 3.06. The van der Waals surface area contributed by atoms with E-state index in [1.807, 2.05) is 41.5 Å². The van der Waals surface area contributed by atoms with Crippen LogP contribution in [-0.4, -0.2) is 192 Å². The van der Waals surface area contributed by atoms with Crippen LogP contribution >= 0.6 is 0 Å². The van der Waals surface area contributed by atoms with E-state index in [0.717, 1.165) is 0 Å². The molecule has 0 saturated carbocycles. The molecule has 69 heavy (non-hydrogen) atoms. The van der Waals surface area contributed by atoms with Crippen LogP contribution in [0.5, 0.6) is 0 Å². The Morgan fingerprint density at radius 1 is 0.812 bits per heavy atom. The number of carbonyl (C=O) groups is 5. The van der Waals surface area contributed by atoms with Gasteiger partial charge in [-0.25, -0.2) is 5.90 Å². The number of aliphatic hydroxyl groups excluding tert-OH is 1. The van der Waals surface area contributed by atoms with E-state index < -0.39 is 66.3 Å². The second-order valence-electron chi connectivity index (χ2n) is 18.5. The number of allylic oxidation sites excluding steroid dienone is 4. The van der Waals surface area contributed by atoms with Crippen molar-refractivity contribution in [2.45, 2.75) is 137 Å². The molecule has 19 heteroatoms. The van der Waals surface area contributed by atoms with Gasteiger partial charge in [-0.2, -0.15) is 0 Å². The van der Waals surface area contributed by atoms with E-state index in [9.17, 15) is 29.1 Å². The number of nitrogens with one attached hydrogen (secondary N) is 2. The lowest BCUT2D eigenvalue weighted by atomic mass is 9.89. The van der Waals surface area contributed by atoms with Gasteiger partial charge in [-0.15, -0.1) is 0 Å². The Bertz CT molecular complexity index is 1600. The SMILES string of the molecule is C=C/C=C\C=C(/C)[C@H](O)[C@@H](C)NC(=O)[C@H](C)[C@@H](OC)[C@@H]1CCCN1C(=O)C[C@@H](OC)[C@H]([C@@H](C)CC)N(C)C(=O)[C@@H](NC(=O)[C@H](C(C)C)N(C)C(=O)COCCOCCOCCOCCON)C(C)C. The number of nitrogens with two attached hydrogens (primary N) is 1. The minimum absolute atomic E-state index is 0.0433. The number of amides is 5. The van der Waals surface area contributed by atoms with Crippen LogP contribution in [0.25, 0.3) is 0 Å². The molecule has 0 radical (unpaired) electrons. The second-order valence-corrected chi connectivity index (χ2v) is 18.5. The van der Waals surface area contributed by atoms with E-state index >= 15 is 0 Å². The number of hydrogen-bond donors (Lipinski definition) is 4. The molecule has 0 aromatic heterocycles. The van der Waals surface area contributed by atoms with Gasteiger partial charge >= 0.3 is 0 Å². The number of likely N-dealkylation sites (tertiary alicyclic amines) is 1. The van der Waals surface area contributed by atoms with Crippen molar-refractivity contribution in [3.63, 3.8) is 0 Å². The minimum atomic E-state index is -0.960. The molecule has 0 unspecified atom stereocenters.